The van der Waals surface area contributed by atoms with E-state index in [0.29, 0.717) is 5.56 Å². The maximum Gasteiger partial charge on any atom is 0.341 e. The molecule has 0 aliphatic carbocycles. The van der Waals surface area contributed by atoms with Gasteiger partial charge in [-0.2, -0.15) is 0 Å². The van der Waals surface area contributed by atoms with E-state index in [0.717, 1.165) is 6.07 Å². The van der Waals surface area contributed by atoms with E-state index in [1.165, 1.54) is 12.1 Å². The Bertz CT molecular complexity index is 809. The van der Waals surface area contributed by atoms with E-state index in [2.05, 4.69) is 5.32 Å². The summed E-state index contributed by atoms with van der Waals surface area (Å²) >= 11 is 0. The van der Waals surface area contributed by atoms with E-state index >= 15 is 0 Å². The zero-order valence-electron chi connectivity index (χ0n) is 13.6. The average molecular weight is 359 g/mol. The number of nitrogens with one attached hydrogen (secondary N) is 1. The molecule has 2 aromatic rings. The van der Waals surface area contributed by atoms with Crippen LogP contribution in [0.3, 0.4) is 0 Å². The Balaban J connectivity index is 2.35. The number of carbonyl (C=O) groups is 2. The topological polar surface area (TPSA) is 145 Å². The van der Waals surface area contributed by atoms with Crippen molar-refractivity contribution in [1.82, 2.24) is 0 Å². The van der Waals surface area contributed by atoms with Crippen LogP contribution in [0.15, 0.2) is 48.5 Å². The molecule has 2 aromatic carbocycles. The fourth-order valence-corrected chi connectivity index (χ4v) is 2.25. The predicted molar refractivity (Wildman–Crippen MR) is 92.5 cm³/mol. The second-order valence-electron chi connectivity index (χ2n) is 5.24. The molecule has 0 aliphatic heterocycles. The number of anilines is 1. The molecule has 0 radical (unpaired) electrons. The molecule has 9 nitrogen and oxygen atoms in total. The maximum atomic E-state index is 12.5. The van der Waals surface area contributed by atoms with E-state index in [-0.39, 0.29) is 30.1 Å². The van der Waals surface area contributed by atoms with Crippen molar-refractivity contribution in [2.75, 3.05) is 18.5 Å². The number of esters is 1. The normalized spacial score (nSPS) is 11.4. The van der Waals surface area contributed by atoms with Crippen LogP contribution in [-0.2, 0) is 9.53 Å². The van der Waals surface area contributed by atoms with Gasteiger partial charge < -0.3 is 20.9 Å². The smallest absolute Gasteiger partial charge is 0.341 e. The highest BCUT2D eigenvalue weighted by atomic mass is 16.6. The Labute approximate surface area is 148 Å². The molecule has 0 saturated carbocycles. The number of nitro groups is 1. The molecule has 26 heavy (non-hydrogen) atoms. The molecule has 1 unspecified atom stereocenters. The Hall–Kier alpha value is -3.46. The van der Waals surface area contributed by atoms with Gasteiger partial charge >= 0.3 is 5.97 Å². The molecule has 136 valence electrons. The van der Waals surface area contributed by atoms with E-state index in [1.807, 2.05) is 0 Å². The molecule has 0 fully saturated rings. The van der Waals surface area contributed by atoms with Gasteiger partial charge in [0, 0.05) is 29.9 Å². The number of benzene rings is 2. The largest absolute Gasteiger partial charge is 0.444 e. The van der Waals surface area contributed by atoms with Crippen LogP contribution in [0.2, 0.25) is 0 Å². The SMILES string of the molecule is NC(=O)C(OC(=O)c1cc([N+](=O)[O-])ccc1NCCO)c1ccccc1. The van der Waals surface area contributed by atoms with Crippen LogP contribution in [-0.4, -0.2) is 35.1 Å². The zero-order valence-corrected chi connectivity index (χ0v) is 13.6. The molecule has 0 bridgehead atoms. The molecule has 1 atom stereocenters. The van der Waals surface area contributed by atoms with Gasteiger partial charge in [0.1, 0.15) is 0 Å². The van der Waals surface area contributed by atoms with Crippen molar-refractivity contribution in [3.05, 3.63) is 69.8 Å². The van der Waals surface area contributed by atoms with Gasteiger partial charge in [0.15, 0.2) is 0 Å². The van der Waals surface area contributed by atoms with E-state index in [9.17, 15) is 19.7 Å². The van der Waals surface area contributed by atoms with E-state index < -0.39 is 22.9 Å². The number of non-ortho nitro benzene ring substituents is 1. The number of ether oxygens (including phenoxy) is 1. The van der Waals surface area contributed by atoms with Crippen molar-refractivity contribution in [1.29, 1.82) is 0 Å². The van der Waals surface area contributed by atoms with Crippen molar-refractivity contribution in [2.45, 2.75) is 6.10 Å². The second kappa shape index (κ2) is 8.58. The van der Waals surface area contributed by atoms with E-state index in [1.54, 1.807) is 30.3 Å². The van der Waals surface area contributed by atoms with Crippen molar-refractivity contribution in [3.63, 3.8) is 0 Å². The number of amides is 1. The number of primary amides is 1. The number of hydrogen-bond acceptors (Lipinski definition) is 7. The van der Waals surface area contributed by atoms with Gasteiger partial charge in [0.25, 0.3) is 11.6 Å². The standard InChI is InChI=1S/C17H17N3O6/c18-16(22)15(11-4-2-1-3-5-11)26-17(23)13-10-12(20(24)25)6-7-14(13)19-8-9-21/h1-7,10,15,19,21H,8-9H2,(H2,18,22). The number of nitrogens with zero attached hydrogens (tertiary/aromatic N) is 1. The van der Waals surface area contributed by atoms with Crippen LogP contribution < -0.4 is 11.1 Å². The van der Waals surface area contributed by atoms with Crippen molar-refractivity contribution >= 4 is 23.3 Å². The molecule has 0 aliphatic rings. The number of hydrogen-bond donors (Lipinski definition) is 3. The van der Waals surface area contributed by atoms with Gasteiger partial charge in [-0.05, 0) is 6.07 Å². The molecule has 1 amide bonds. The lowest BCUT2D eigenvalue weighted by molar-refractivity contribution is -0.384. The van der Waals surface area contributed by atoms with Crippen molar-refractivity contribution < 1.29 is 24.4 Å². The van der Waals surface area contributed by atoms with Crippen LogP contribution in [0.25, 0.3) is 0 Å². The molecule has 0 saturated heterocycles. The summed E-state index contributed by atoms with van der Waals surface area (Å²) in [5.41, 5.74) is 5.46. The van der Waals surface area contributed by atoms with E-state index in [4.69, 9.17) is 15.6 Å². The molecular formula is C17H17N3O6. The molecule has 0 spiro atoms. The predicted octanol–water partition coefficient (Wildman–Crippen LogP) is 1.38. The van der Waals surface area contributed by atoms with Gasteiger partial charge in [-0.3, -0.25) is 14.9 Å². The Morgan fingerprint density at radius 1 is 1.23 bits per heavy atom. The van der Waals surface area contributed by atoms with Crippen LogP contribution in [0.4, 0.5) is 11.4 Å². The van der Waals surface area contributed by atoms with Crippen molar-refractivity contribution in [3.8, 4) is 0 Å². The number of carbonyl (C=O) groups excluding carboxylic acids is 2. The quantitative estimate of drug-likeness (QED) is 0.367. The Morgan fingerprint density at radius 2 is 1.92 bits per heavy atom. The highest BCUT2D eigenvalue weighted by Crippen LogP contribution is 2.26. The highest BCUT2D eigenvalue weighted by Gasteiger charge is 2.26. The van der Waals surface area contributed by atoms with Gasteiger partial charge in [0.2, 0.25) is 6.10 Å². The van der Waals surface area contributed by atoms with Gasteiger partial charge in [-0.15, -0.1) is 0 Å². The third-order valence-electron chi connectivity index (χ3n) is 3.45. The van der Waals surface area contributed by atoms with Crippen LogP contribution in [0, 0.1) is 10.1 Å². The summed E-state index contributed by atoms with van der Waals surface area (Å²) in [6.07, 6.45) is -1.34. The summed E-state index contributed by atoms with van der Waals surface area (Å²) in [5, 5.41) is 22.7. The molecule has 9 heteroatoms. The number of aliphatic hydroxyl groups is 1. The first-order valence-electron chi connectivity index (χ1n) is 7.62. The minimum absolute atomic E-state index is 0.121. The molecule has 2 rings (SSSR count). The second-order valence-corrected chi connectivity index (χ2v) is 5.24. The van der Waals surface area contributed by atoms with Gasteiger partial charge in [-0.25, -0.2) is 4.79 Å². The van der Waals surface area contributed by atoms with Gasteiger partial charge in [-0.1, -0.05) is 30.3 Å². The minimum Gasteiger partial charge on any atom is -0.444 e. The Kier molecular flexibility index (Phi) is 6.23. The Morgan fingerprint density at radius 3 is 2.50 bits per heavy atom. The third-order valence-corrected chi connectivity index (χ3v) is 3.45. The van der Waals surface area contributed by atoms with Gasteiger partial charge in [0.05, 0.1) is 17.1 Å². The number of nitro benzene ring substituents is 1. The zero-order chi connectivity index (χ0) is 19.1. The number of aliphatic hydroxyl groups excluding tert-OH is 1. The lowest BCUT2D eigenvalue weighted by Gasteiger charge is -2.17. The minimum atomic E-state index is -1.34. The average Bonchev–Trinajstić information content (AvgIpc) is 2.64. The summed E-state index contributed by atoms with van der Waals surface area (Å²) in [6.45, 7) is -0.0879. The molecule has 0 heterocycles. The monoisotopic (exact) mass is 359 g/mol. The maximum absolute atomic E-state index is 12.5. The summed E-state index contributed by atoms with van der Waals surface area (Å²) in [7, 11) is 0. The molecule has 4 N–H and O–H groups in total. The number of rotatable bonds is 8. The molecule has 0 aromatic heterocycles. The van der Waals surface area contributed by atoms with Crippen LogP contribution in [0.1, 0.15) is 22.0 Å². The van der Waals surface area contributed by atoms with Crippen molar-refractivity contribution in [2.24, 2.45) is 5.73 Å². The third kappa shape index (κ3) is 4.54. The lowest BCUT2D eigenvalue weighted by atomic mass is 10.1. The first kappa shape index (κ1) is 18.9. The summed E-state index contributed by atoms with van der Waals surface area (Å²) in [6, 6.07) is 11.7. The molecular weight excluding hydrogens is 342 g/mol. The highest BCUT2D eigenvalue weighted by molar-refractivity contribution is 5.98. The van der Waals surface area contributed by atoms with Crippen LogP contribution in [0.5, 0.6) is 0 Å². The number of nitrogens with two attached hydrogens (primary N) is 1. The first-order chi connectivity index (χ1) is 12.4. The fourth-order valence-electron chi connectivity index (χ4n) is 2.25. The first-order valence-corrected chi connectivity index (χ1v) is 7.62. The lowest BCUT2D eigenvalue weighted by Crippen LogP contribution is -2.26. The summed E-state index contributed by atoms with van der Waals surface area (Å²) < 4.78 is 5.20. The summed E-state index contributed by atoms with van der Waals surface area (Å²) in [4.78, 5) is 34.5. The fraction of sp³-hybridized carbons (Fsp3) is 0.176. The van der Waals surface area contributed by atoms with Crippen LogP contribution >= 0.6 is 0 Å². The summed E-state index contributed by atoms with van der Waals surface area (Å²) in [5.74, 6) is -1.83.